The van der Waals surface area contributed by atoms with E-state index in [1.54, 1.807) is 0 Å². The van der Waals surface area contributed by atoms with Gasteiger partial charge in [-0.05, 0) is 0 Å². The molecule has 4 aromatic rings. The molecule has 3 aromatic carbocycles. The number of unbranched alkanes of at least 4 members (excludes halogenated alkanes) is 1. The summed E-state index contributed by atoms with van der Waals surface area (Å²) in [6.45, 7) is 4.89. The van der Waals surface area contributed by atoms with Gasteiger partial charge < -0.3 is 0 Å². The molecule has 0 bridgehead atoms. The fraction of sp³-hybridized carbons (Fsp3) is 0.300. The quantitative estimate of drug-likeness (QED) is 0.102. The summed E-state index contributed by atoms with van der Waals surface area (Å²) in [5.41, 5.74) is 4.64. The van der Waals surface area contributed by atoms with E-state index >= 15 is 0 Å². The maximum atomic E-state index is 11.3. The SMILES string of the molecule is CC(/C=C1\[Se]c2ccc(C)cc2N1CCCCS(=O)(=O)[O-])=C\c1oc2c3ccccc3ccc2[n+]1CCCS(=O)(=O)[O-]. The maximum absolute atomic E-state index is 11.3. The van der Waals surface area contributed by atoms with E-state index in [4.69, 9.17) is 4.42 Å². The van der Waals surface area contributed by atoms with Crippen LogP contribution in [0.5, 0.6) is 0 Å². The molecule has 0 atom stereocenters. The van der Waals surface area contributed by atoms with Gasteiger partial charge in [-0.3, -0.25) is 0 Å². The predicted molar refractivity (Wildman–Crippen MR) is 163 cm³/mol. The number of fused-ring (bicyclic) bond motifs is 4. The number of rotatable bonds is 11. The molecule has 0 spiro atoms. The second-order valence-electron chi connectivity index (χ2n) is 10.4. The fourth-order valence-electron chi connectivity index (χ4n) is 5.10. The Morgan fingerprint density at radius 1 is 0.976 bits per heavy atom. The Kier molecular flexibility index (Phi) is 8.94. The number of oxazole rings is 1. The van der Waals surface area contributed by atoms with Gasteiger partial charge in [0.25, 0.3) is 0 Å². The predicted octanol–water partition coefficient (Wildman–Crippen LogP) is 3.54. The van der Waals surface area contributed by atoms with Crippen molar-refractivity contribution in [2.24, 2.45) is 0 Å². The Bertz CT molecular complexity index is 1930. The van der Waals surface area contributed by atoms with E-state index in [0.717, 1.165) is 37.7 Å². The summed E-state index contributed by atoms with van der Waals surface area (Å²) >= 11 is 0.0191. The molecule has 42 heavy (non-hydrogen) atoms. The molecule has 0 fully saturated rings. The van der Waals surface area contributed by atoms with Crippen LogP contribution in [0.2, 0.25) is 0 Å². The Morgan fingerprint density at radius 3 is 2.48 bits per heavy atom. The molecule has 0 amide bonds. The van der Waals surface area contributed by atoms with E-state index in [0.29, 0.717) is 37.4 Å². The third-order valence-electron chi connectivity index (χ3n) is 7.01. The second-order valence-corrected chi connectivity index (χ2v) is 15.7. The van der Waals surface area contributed by atoms with E-state index in [1.165, 1.54) is 4.46 Å². The summed E-state index contributed by atoms with van der Waals surface area (Å²) < 4.78 is 77.8. The number of hydrogen-bond donors (Lipinski definition) is 0. The average molecular weight is 675 g/mol. The van der Waals surface area contributed by atoms with Crippen molar-refractivity contribution < 1.29 is 34.9 Å². The molecule has 1 aliphatic heterocycles. The molecular formula is C30H31N2O7S2Se-. The molecule has 0 saturated heterocycles. The van der Waals surface area contributed by atoms with Crippen LogP contribution in [0, 0.1) is 6.92 Å². The first-order valence-electron chi connectivity index (χ1n) is 13.6. The molecule has 1 aliphatic rings. The third kappa shape index (κ3) is 7.31. The summed E-state index contributed by atoms with van der Waals surface area (Å²) in [4.78, 5) is 2.20. The van der Waals surface area contributed by atoms with E-state index in [1.807, 2.05) is 60.9 Å². The fourth-order valence-corrected chi connectivity index (χ4v) is 8.61. The zero-order valence-corrected chi connectivity index (χ0v) is 26.6. The summed E-state index contributed by atoms with van der Waals surface area (Å²) in [6, 6.07) is 18.1. The molecule has 1 aromatic heterocycles. The molecule has 0 N–H and O–H groups in total. The second kappa shape index (κ2) is 12.3. The summed E-state index contributed by atoms with van der Waals surface area (Å²) in [5, 5.41) is 1.96. The Balaban J connectivity index is 1.50. The molecule has 5 rings (SSSR count). The number of nitrogens with zero attached hydrogens (tertiary/aromatic N) is 2. The van der Waals surface area contributed by atoms with E-state index in [2.05, 4.69) is 29.2 Å². The van der Waals surface area contributed by atoms with Crippen molar-refractivity contribution in [3.63, 3.8) is 0 Å². The van der Waals surface area contributed by atoms with Crippen LogP contribution >= 0.6 is 0 Å². The van der Waals surface area contributed by atoms with Crippen LogP contribution in [-0.4, -0.2) is 58.9 Å². The molecule has 0 aliphatic carbocycles. The number of hydrogen-bond acceptors (Lipinski definition) is 8. The van der Waals surface area contributed by atoms with Gasteiger partial charge >= 0.3 is 253 Å². The van der Waals surface area contributed by atoms with Crippen LogP contribution in [0.15, 0.2) is 75.3 Å². The van der Waals surface area contributed by atoms with Gasteiger partial charge in [-0.2, -0.15) is 0 Å². The van der Waals surface area contributed by atoms with Crippen LogP contribution in [0.25, 0.3) is 27.9 Å². The first-order chi connectivity index (χ1) is 19.9. The number of aromatic nitrogens is 1. The number of benzene rings is 3. The third-order valence-corrected chi connectivity index (χ3v) is 10.9. The van der Waals surface area contributed by atoms with Crippen LogP contribution in [0.1, 0.15) is 37.6 Å². The van der Waals surface area contributed by atoms with E-state index < -0.39 is 26.0 Å². The van der Waals surface area contributed by atoms with Gasteiger partial charge in [0.2, 0.25) is 0 Å². The Hall–Kier alpha value is -2.99. The van der Waals surface area contributed by atoms with Gasteiger partial charge in [0, 0.05) is 0 Å². The first-order valence-corrected chi connectivity index (χ1v) is 18.4. The van der Waals surface area contributed by atoms with Crippen LogP contribution in [0.3, 0.4) is 0 Å². The molecule has 222 valence electrons. The average Bonchev–Trinajstić information content (AvgIpc) is 3.42. The topological polar surface area (TPSA) is 135 Å². The molecule has 12 heteroatoms. The van der Waals surface area contributed by atoms with Crippen molar-refractivity contribution in [1.82, 2.24) is 0 Å². The molecule has 2 heterocycles. The van der Waals surface area contributed by atoms with Crippen LogP contribution < -0.4 is 13.9 Å². The Labute approximate surface area is 252 Å². The number of anilines is 1. The van der Waals surface area contributed by atoms with Gasteiger partial charge in [0.15, 0.2) is 0 Å². The number of allylic oxidation sites excluding steroid dienone is 2. The van der Waals surface area contributed by atoms with Gasteiger partial charge in [-0.1, -0.05) is 0 Å². The zero-order valence-electron chi connectivity index (χ0n) is 23.3. The monoisotopic (exact) mass is 675 g/mol. The standard InChI is InChI=1S/C30H32N2O7S2Se/c1-21-10-13-27-26(18-21)32(14-5-6-16-40(33,34)35)29(42-27)20-22(2)19-28-31(15-7-17-41(36,37)38)25-12-11-23-8-3-4-9-24(23)30(25)39-28/h3-4,8-13,18-20H,5-7,14-17H2,1-2H3,(H-,33,34,35,36,37,38)/p-1. The van der Waals surface area contributed by atoms with Crippen molar-refractivity contribution in [2.45, 2.75) is 39.7 Å². The van der Waals surface area contributed by atoms with Crippen molar-refractivity contribution >= 4 is 73.3 Å². The minimum atomic E-state index is -4.34. The molecule has 0 unspecified atom stereocenters. The minimum absolute atomic E-state index is 0.0191. The van der Waals surface area contributed by atoms with E-state index in [-0.39, 0.29) is 27.1 Å². The van der Waals surface area contributed by atoms with E-state index in [9.17, 15) is 25.9 Å². The Morgan fingerprint density at radius 2 is 1.71 bits per heavy atom. The van der Waals surface area contributed by atoms with Crippen molar-refractivity contribution in [3.05, 3.63) is 82.3 Å². The van der Waals surface area contributed by atoms with Gasteiger partial charge in [-0.15, -0.1) is 0 Å². The normalized spacial score (nSPS) is 15.3. The summed E-state index contributed by atoms with van der Waals surface area (Å²) in [5.74, 6) is -0.293. The van der Waals surface area contributed by atoms with Gasteiger partial charge in [0.1, 0.15) is 0 Å². The summed E-state index contributed by atoms with van der Waals surface area (Å²) in [6.07, 6.45) is 5.02. The van der Waals surface area contributed by atoms with Crippen molar-refractivity contribution in [3.8, 4) is 0 Å². The zero-order chi connectivity index (χ0) is 30.1. The first kappa shape index (κ1) is 30.5. The molecular weight excluding hydrogens is 643 g/mol. The van der Waals surface area contributed by atoms with Crippen molar-refractivity contribution in [2.75, 3.05) is 23.0 Å². The van der Waals surface area contributed by atoms with Crippen molar-refractivity contribution in [1.29, 1.82) is 0 Å². The van der Waals surface area contributed by atoms with Crippen LogP contribution in [0.4, 0.5) is 5.69 Å². The van der Waals surface area contributed by atoms with Crippen LogP contribution in [-0.2, 0) is 26.8 Å². The van der Waals surface area contributed by atoms with Gasteiger partial charge in [0.05, 0.1) is 0 Å². The molecule has 0 saturated carbocycles. The van der Waals surface area contributed by atoms with Gasteiger partial charge in [-0.25, -0.2) is 0 Å². The molecule has 0 radical (unpaired) electrons. The summed E-state index contributed by atoms with van der Waals surface area (Å²) in [7, 11) is -8.59. The molecule has 9 nitrogen and oxygen atoms in total. The number of aryl methyl sites for hydroxylation is 2.